The molecule has 1 atom stereocenters. The highest BCUT2D eigenvalue weighted by Crippen LogP contribution is 2.46. The Morgan fingerprint density at radius 3 is 1.68 bits per heavy atom. The summed E-state index contributed by atoms with van der Waals surface area (Å²) in [6.45, 7) is 15.5. The fraction of sp³-hybridized carbons (Fsp3) is 0.933. The molecule has 132 valence electrons. The average molecular weight is 336 g/mol. The van der Waals surface area contributed by atoms with E-state index in [2.05, 4.69) is 37.4 Å². The third-order valence-corrected chi connectivity index (χ3v) is 4.58. The van der Waals surface area contributed by atoms with Crippen LogP contribution in [0.15, 0.2) is 0 Å². The Hall–Kier alpha value is -0.420. The van der Waals surface area contributed by atoms with Gasteiger partial charge in [0.15, 0.2) is 0 Å². The Kier molecular flexibility index (Phi) is 7.29. The molecule has 1 aliphatic rings. The van der Waals surface area contributed by atoms with E-state index in [0.29, 0.717) is 6.04 Å². The van der Waals surface area contributed by atoms with Gasteiger partial charge in [0.2, 0.25) is 5.84 Å². The summed E-state index contributed by atoms with van der Waals surface area (Å²) in [5.74, 6) is 1.38. The number of amidine groups is 1. The van der Waals surface area contributed by atoms with Gasteiger partial charge in [0.05, 0.1) is 25.3 Å². The first-order valence-electron chi connectivity index (χ1n) is 7.54. The number of rotatable bonds is 2. The summed E-state index contributed by atoms with van der Waals surface area (Å²) in [6.07, 6.45) is 0. The minimum atomic E-state index is -4.19. The number of phosphoric acid groups is 1. The molecule has 1 rings (SSSR count). The lowest BCUT2D eigenvalue weighted by molar-refractivity contribution is -0.523. The van der Waals surface area contributed by atoms with E-state index in [1.807, 2.05) is 0 Å². The fourth-order valence-electron chi connectivity index (χ4n) is 1.93. The molecule has 0 spiro atoms. The van der Waals surface area contributed by atoms with Crippen LogP contribution in [0.1, 0.15) is 55.4 Å². The van der Waals surface area contributed by atoms with Crippen molar-refractivity contribution < 1.29 is 23.1 Å². The Morgan fingerprint density at radius 2 is 1.55 bits per heavy atom. The number of nitrogens with zero attached hydrogens (tertiary/aromatic N) is 2. The molecule has 0 aliphatic carbocycles. The van der Waals surface area contributed by atoms with Gasteiger partial charge in [0.25, 0.3) is 7.82 Å². The van der Waals surface area contributed by atoms with Crippen LogP contribution in [0.5, 0.6) is 0 Å². The zero-order chi connectivity index (χ0) is 17.9. The van der Waals surface area contributed by atoms with E-state index in [1.165, 1.54) is 12.4 Å². The van der Waals surface area contributed by atoms with Crippen molar-refractivity contribution in [3.8, 4) is 0 Å². The number of hydrogen-bond donors (Lipinski definition) is 0. The van der Waals surface area contributed by atoms with Crippen LogP contribution >= 0.6 is 7.82 Å². The summed E-state index contributed by atoms with van der Waals surface area (Å²) in [5.41, 5.74) is -1.49. The third kappa shape index (κ3) is 8.89. The predicted octanol–water partition coefficient (Wildman–Crippen LogP) is 2.47. The van der Waals surface area contributed by atoms with E-state index in [0.717, 1.165) is 0 Å². The zero-order valence-corrected chi connectivity index (χ0v) is 16.7. The van der Waals surface area contributed by atoms with E-state index in [4.69, 9.17) is 9.05 Å². The van der Waals surface area contributed by atoms with E-state index >= 15 is 0 Å². The quantitative estimate of drug-likeness (QED) is 0.572. The van der Waals surface area contributed by atoms with Crippen LogP contribution in [0.3, 0.4) is 0 Å². The van der Waals surface area contributed by atoms with Crippen molar-refractivity contribution in [1.29, 1.82) is 0 Å². The lowest BCUT2D eigenvalue weighted by atomic mass is 10.2. The molecule has 0 N–H and O–H groups in total. The van der Waals surface area contributed by atoms with Gasteiger partial charge in [-0.1, -0.05) is 0 Å². The minimum Gasteiger partial charge on any atom is -0.756 e. The van der Waals surface area contributed by atoms with Crippen LogP contribution in [0.4, 0.5) is 0 Å². The standard InChI is InChI=1S/C8H19O4P.C7H15N2/c1-7(2,3)11-13(9,10)12-8(4,5)6;1-6-5-8(3)7(2)9(6)4/h1-6H3,(H,9,10);6H,5H2,1-4H3/q;+1/p-1. The Morgan fingerprint density at radius 1 is 1.18 bits per heavy atom. The van der Waals surface area contributed by atoms with Gasteiger partial charge in [-0.25, -0.2) is 0 Å². The molecule has 1 heterocycles. The summed E-state index contributed by atoms with van der Waals surface area (Å²) < 4.78 is 23.1. The topological polar surface area (TPSA) is 64.8 Å². The van der Waals surface area contributed by atoms with Gasteiger partial charge in [0, 0.05) is 6.92 Å². The highest BCUT2D eigenvalue weighted by atomic mass is 31.2. The Labute approximate surface area is 135 Å². The van der Waals surface area contributed by atoms with Crippen LogP contribution in [-0.4, -0.2) is 53.2 Å². The van der Waals surface area contributed by atoms with E-state index in [9.17, 15) is 9.46 Å². The van der Waals surface area contributed by atoms with Gasteiger partial charge in [-0.15, -0.1) is 0 Å². The van der Waals surface area contributed by atoms with Crippen molar-refractivity contribution in [2.45, 2.75) is 72.6 Å². The molecule has 0 aromatic rings. The van der Waals surface area contributed by atoms with Gasteiger partial charge in [-0.3, -0.25) is 14.0 Å². The van der Waals surface area contributed by atoms with Crippen LogP contribution < -0.4 is 4.89 Å². The van der Waals surface area contributed by atoms with Gasteiger partial charge < -0.3 is 13.9 Å². The molecular weight excluding hydrogens is 303 g/mol. The lowest BCUT2D eigenvalue weighted by Gasteiger charge is -2.35. The summed E-state index contributed by atoms with van der Waals surface area (Å²) in [5, 5.41) is 0. The average Bonchev–Trinajstić information content (AvgIpc) is 2.39. The largest absolute Gasteiger partial charge is 0.756 e. The van der Waals surface area contributed by atoms with Crippen molar-refractivity contribution in [2.24, 2.45) is 0 Å². The maximum Gasteiger partial charge on any atom is 0.268 e. The van der Waals surface area contributed by atoms with Crippen molar-refractivity contribution >= 4 is 13.7 Å². The van der Waals surface area contributed by atoms with Crippen LogP contribution in [0.25, 0.3) is 0 Å². The summed E-state index contributed by atoms with van der Waals surface area (Å²) in [6, 6.07) is 0.690. The van der Waals surface area contributed by atoms with Crippen molar-refractivity contribution in [3.63, 3.8) is 0 Å². The minimum absolute atomic E-state index is 0.690. The second-order valence-corrected chi connectivity index (χ2v) is 9.00. The molecule has 0 saturated heterocycles. The van der Waals surface area contributed by atoms with Gasteiger partial charge in [-0.05, 0) is 48.5 Å². The molecule has 1 unspecified atom stereocenters. The number of hydrogen-bond acceptors (Lipinski definition) is 5. The number of phosphoric ester groups is 1. The summed E-state index contributed by atoms with van der Waals surface area (Å²) in [7, 11) is 0.0910. The van der Waals surface area contributed by atoms with Gasteiger partial charge in [0.1, 0.15) is 12.6 Å². The molecule has 0 bridgehead atoms. The van der Waals surface area contributed by atoms with Crippen LogP contribution in [0, 0.1) is 0 Å². The smallest absolute Gasteiger partial charge is 0.268 e. The molecular formula is C15H33N2O4P. The fourth-order valence-corrected chi connectivity index (χ4v) is 3.31. The maximum absolute atomic E-state index is 11.2. The molecule has 7 heteroatoms. The van der Waals surface area contributed by atoms with Crippen LogP contribution in [-0.2, 0) is 13.6 Å². The molecule has 1 aliphatic heterocycles. The molecule has 0 amide bonds. The summed E-state index contributed by atoms with van der Waals surface area (Å²) >= 11 is 0. The second kappa shape index (κ2) is 7.43. The summed E-state index contributed by atoms with van der Waals surface area (Å²) in [4.78, 5) is 13.5. The molecule has 0 aromatic carbocycles. The van der Waals surface area contributed by atoms with Gasteiger partial charge >= 0.3 is 0 Å². The molecule has 0 radical (unpaired) electrons. The molecule has 6 nitrogen and oxygen atoms in total. The first kappa shape index (κ1) is 21.6. The number of likely N-dealkylation sites (N-methyl/N-ethyl adjacent to an activating group) is 2. The monoisotopic (exact) mass is 336 g/mol. The molecule has 0 aromatic heterocycles. The third-order valence-electron chi connectivity index (χ3n) is 3.03. The van der Waals surface area contributed by atoms with Gasteiger partial charge in [-0.2, -0.15) is 0 Å². The maximum atomic E-state index is 11.2. The van der Waals surface area contributed by atoms with Crippen molar-refractivity contribution in [1.82, 2.24) is 4.90 Å². The van der Waals surface area contributed by atoms with Crippen molar-refractivity contribution in [3.05, 3.63) is 0 Å². The predicted molar refractivity (Wildman–Crippen MR) is 88.2 cm³/mol. The normalized spacial score (nSPS) is 20.1. The van der Waals surface area contributed by atoms with E-state index in [-0.39, 0.29) is 0 Å². The Bertz CT molecular complexity index is 413. The molecule has 22 heavy (non-hydrogen) atoms. The lowest BCUT2D eigenvalue weighted by Crippen LogP contribution is -2.27. The second-order valence-electron chi connectivity index (χ2n) is 7.74. The first-order chi connectivity index (χ1) is 9.54. The Balaban J connectivity index is 0.000000425. The van der Waals surface area contributed by atoms with E-state index in [1.54, 1.807) is 41.5 Å². The van der Waals surface area contributed by atoms with Crippen LogP contribution in [0.2, 0.25) is 0 Å². The first-order valence-corrected chi connectivity index (χ1v) is 9.00. The highest BCUT2D eigenvalue weighted by Gasteiger charge is 2.26. The van der Waals surface area contributed by atoms with E-state index < -0.39 is 19.0 Å². The van der Waals surface area contributed by atoms with Crippen molar-refractivity contribution in [2.75, 3.05) is 20.6 Å². The highest BCUT2D eigenvalue weighted by molar-refractivity contribution is 7.46. The SMILES string of the molecule is CC(C)(C)OP(=O)([O-])OC(C)(C)C.CC1=[N+](C)C(C)CN1C. The molecule has 0 fully saturated rings. The molecule has 0 saturated carbocycles. The zero-order valence-electron chi connectivity index (χ0n) is 15.8.